The predicted molar refractivity (Wildman–Crippen MR) is 152 cm³/mol. The Labute approximate surface area is 232 Å². The second-order valence-electron chi connectivity index (χ2n) is 9.12. The number of nitriles is 1. The first-order valence-electron chi connectivity index (χ1n) is 12.5. The average molecular weight is 560 g/mol. The lowest BCUT2D eigenvalue weighted by molar-refractivity contribution is -0.120. The molecule has 0 spiro atoms. The number of anilines is 2. The molecule has 4 N–H and O–H groups in total. The van der Waals surface area contributed by atoms with Crippen LogP contribution in [0.15, 0.2) is 77.8 Å². The number of hydrogen-bond donors (Lipinski definition) is 3. The number of aromatic nitrogens is 1. The predicted octanol–water partition coefficient (Wildman–Crippen LogP) is 4.53. The Bertz CT molecular complexity index is 1700. The van der Waals surface area contributed by atoms with Crippen molar-refractivity contribution in [2.24, 2.45) is 0 Å². The quantitative estimate of drug-likeness (QED) is 0.254. The highest BCUT2D eigenvalue weighted by Crippen LogP contribution is 2.33. The molecule has 0 bridgehead atoms. The van der Waals surface area contributed by atoms with Crippen LogP contribution in [0.1, 0.15) is 37.9 Å². The van der Waals surface area contributed by atoms with Crippen molar-refractivity contribution in [3.8, 4) is 17.6 Å². The van der Waals surface area contributed by atoms with E-state index < -0.39 is 22.0 Å². The van der Waals surface area contributed by atoms with Gasteiger partial charge >= 0.3 is 0 Å². The zero-order valence-electron chi connectivity index (χ0n) is 22.2. The zero-order chi connectivity index (χ0) is 28.9. The first-order valence-corrected chi connectivity index (χ1v) is 14.0. The number of rotatable bonds is 10. The highest BCUT2D eigenvalue weighted by atomic mass is 32.2. The van der Waals surface area contributed by atoms with Gasteiger partial charge in [-0.05, 0) is 86.3 Å². The van der Waals surface area contributed by atoms with Crippen LogP contribution in [0.5, 0.6) is 11.5 Å². The number of amides is 1. The molecule has 1 heterocycles. The fourth-order valence-electron chi connectivity index (χ4n) is 4.06. The van der Waals surface area contributed by atoms with Gasteiger partial charge in [-0.2, -0.15) is 5.26 Å². The minimum Gasteiger partial charge on any atom is -0.490 e. The summed E-state index contributed by atoms with van der Waals surface area (Å²) >= 11 is 0. The number of hydrogen-bond acceptors (Lipinski definition) is 9. The van der Waals surface area contributed by atoms with Gasteiger partial charge in [-0.3, -0.25) is 4.79 Å². The summed E-state index contributed by atoms with van der Waals surface area (Å²) in [4.78, 5) is 17.5. The first-order chi connectivity index (χ1) is 19.1. The third kappa shape index (κ3) is 6.42. The van der Waals surface area contributed by atoms with Crippen molar-refractivity contribution >= 4 is 38.2 Å². The van der Waals surface area contributed by atoms with Crippen LogP contribution in [0, 0.1) is 11.3 Å². The van der Waals surface area contributed by atoms with E-state index in [9.17, 15) is 18.5 Å². The van der Waals surface area contributed by atoms with E-state index in [0.717, 1.165) is 10.8 Å². The average Bonchev–Trinajstić information content (AvgIpc) is 2.92. The summed E-state index contributed by atoms with van der Waals surface area (Å²) in [5, 5.41) is 13.8. The number of carbonyl (C=O) groups is 1. The Morgan fingerprint density at radius 1 is 1.07 bits per heavy atom. The maximum absolute atomic E-state index is 13.6. The van der Waals surface area contributed by atoms with E-state index in [-0.39, 0.29) is 16.6 Å². The van der Waals surface area contributed by atoms with Crippen molar-refractivity contribution in [1.29, 1.82) is 5.26 Å². The fraction of sp³-hybridized carbons (Fsp3) is 0.207. The molecule has 0 saturated heterocycles. The molecule has 0 radical (unpaired) electrons. The van der Waals surface area contributed by atoms with Gasteiger partial charge in [-0.1, -0.05) is 12.1 Å². The number of carbonyl (C=O) groups excluding carboxylic acids is 1. The molecule has 4 rings (SSSR count). The Morgan fingerprint density at radius 3 is 2.60 bits per heavy atom. The number of nitrogens with one attached hydrogen (secondary N) is 2. The lowest BCUT2D eigenvalue weighted by atomic mass is 10.0. The van der Waals surface area contributed by atoms with Gasteiger partial charge in [0.05, 0.1) is 29.2 Å². The van der Waals surface area contributed by atoms with Gasteiger partial charge in [-0.25, -0.2) is 18.1 Å². The number of sulfonamides is 1. The maximum atomic E-state index is 13.6. The largest absolute Gasteiger partial charge is 0.490 e. The second-order valence-corrected chi connectivity index (χ2v) is 10.8. The van der Waals surface area contributed by atoms with Crippen LogP contribution in [0.25, 0.3) is 10.8 Å². The third-order valence-electron chi connectivity index (χ3n) is 5.84. The molecule has 1 aromatic heterocycles. The van der Waals surface area contributed by atoms with Crippen LogP contribution in [0.3, 0.4) is 0 Å². The fourth-order valence-corrected chi connectivity index (χ4v) is 5.11. The van der Waals surface area contributed by atoms with E-state index in [1.807, 2.05) is 26.8 Å². The molecule has 1 atom stereocenters. The maximum Gasteiger partial charge on any atom is 0.264 e. The summed E-state index contributed by atoms with van der Waals surface area (Å²) in [5.74, 6) is 0.437. The van der Waals surface area contributed by atoms with Crippen LogP contribution in [-0.4, -0.2) is 32.0 Å². The zero-order valence-corrected chi connectivity index (χ0v) is 23.0. The van der Waals surface area contributed by atoms with Gasteiger partial charge in [0, 0.05) is 17.3 Å². The van der Waals surface area contributed by atoms with Crippen LogP contribution in [0.4, 0.5) is 11.5 Å². The number of ether oxygens (including phenoxy) is 2. The number of benzene rings is 3. The number of nitrogen functional groups attached to an aromatic ring is 1. The topological polar surface area (TPSA) is 156 Å². The van der Waals surface area contributed by atoms with Crippen molar-refractivity contribution in [3.63, 3.8) is 0 Å². The summed E-state index contributed by atoms with van der Waals surface area (Å²) < 4.78 is 40.0. The number of fused-ring (bicyclic) bond motifs is 1. The van der Waals surface area contributed by atoms with Gasteiger partial charge in [-0.15, -0.1) is 0 Å². The van der Waals surface area contributed by atoms with Crippen molar-refractivity contribution in [1.82, 2.24) is 9.71 Å². The van der Waals surface area contributed by atoms with Gasteiger partial charge in [0.25, 0.3) is 15.9 Å². The Kier molecular flexibility index (Phi) is 8.40. The molecule has 11 heteroatoms. The van der Waals surface area contributed by atoms with E-state index in [1.165, 1.54) is 24.3 Å². The van der Waals surface area contributed by atoms with Gasteiger partial charge in [0.15, 0.2) is 11.5 Å². The molecular formula is C29H29N5O5S. The second kappa shape index (κ2) is 11.9. The molecule has 1 unspecified atom stereocenters. The van der Waals surface area contributed by atoms with Gasteiger partial charge in [0.2, 0.25) is 0 Å². The SMILES string of the molecule is CCOc1cc(C(Nc2ccc3c(N)nccc3c2)C(=O)NS(=O)(=O)c2cccc(C#N)c2)ccc1OC(C)C. The van der Waals surface area contributed by atoms with E-state index in [1.54, 1.807) is 48.7 Å². The summed E-state index contributed by atoms with van der Waals surface area (Å²) in [6, 6.07) is 18.2. The molecule has 0 aliphatic carbocycles. The summed E-state index contributed by atoms with van der Waals surface area (Å²) in [6.45, 7) is 5.95. The molecular weight excluding hydrogens is 530 g/mol. The first kappa shape index (κ1) is 28.2. The minimum atomic E-state index is -4.29. The lowest BCUT2D eigenvalue weighted by Gasteiger charge is -2.22. The van der Waals surface area contributed by atoms with E-state index in [2.05, 4.69) is 15.0 Å². The van der Waals surface area contributed by atoms with Gasteiger partial charge < -0.3 is 20.5 Å². The molecule has 40 heavy (non-hydrogen) atoms. The molecule has 0 aliphatic heterocycles. The Balaban J connectivity index is 1.75. The minimum absolute atomic E-state index is 0.115. The Hall–Kier alpha value is -4.82. The number of pyridine rings is 1. The standard InChI is InChI=1S/C29H29N5O5S/c1-4-38-26-16-21(8-11-25(26)39-18(2)3)27(33-22-9-10-24-20(15-22)12-13-32-28(24)31)29(35)34-40(36,37)23-7-5-6-19(14-23)17-30/h5-16,18,27,33H,4H2,1-3H3,(H2,31,32)(H,34,35). The highest BCUT2D eigenvalue weighted by molar-refractivity contribution is 7.90. The van der Waals surface area contributed by atoms with Crippen LogP contribution < -0.4 is 25.2 Å². The summed E-state index contributed by atoms with van der Waals surface area (Å²) in [5.41, 5.74) is 7.11. The number of nitrogens with zero attached hydrogens (tertiary/aromatic N) is 2. The summed E-state index contributed by atoms with van der Waals surface area (Å²) in [6.07, 6.45) is 1.46. The van der Waals surface area contributed by atoms with E-state index in [0.29, 0.717) is 35.2 Å². The molecule has 206 valence electrons. The third-order valence-corrected chi connectivity index (χ3v) is 7.18. The normalized spacial score (nSPS) is 12.0. The molecule has 0 fully saturated rings. The van der Waals surface area contributed by atoms with Crippen LogP contribution in [0.2, 0.25) is 0 Å². The summed E-state index contributed by atoms with van der Waals surface area (Å²) in [7, 11) is -4.29. The smallest absolute Gasteiger partial charge is 0.264 e. The molecule has 10 nitrogen and oxygen atoms in total. The van der Waals surface area contributed by atoms with Crippen molar-refractivity contribution in [2.75, 3.05) is 17.7 Å². The Morgan fingerprint density at radius 2 is 1.88 bits per heavy atom. The monoisotopic (exact) mass is 559 g/mol. The van der Waals surface area contributed by atoms with E-state index >= 15 is 0 Å². The van der Waals surface area contributed by atoms with Crippen LogP contribution >= 0.6 is 0 Å². The molecule has 0 aliphatic rings. The van der Waals surface area contributed by atoms with Crippen molar-refractivity contribution in [2.45, 2.75) is 37.8 Å². The van der Waals surface area contributed by atoms with Gasteiger partial charge in [0.1, 0.15) is 11.9 Å². The van der Waals surface area contributed by atoms with Crippen molar-refractivity contribution in [3.05, 3.63) is 84.1 Å². The van der Waals surface area contributed by atoms with Crippen LogP contribution in [-0.2, 0) is 14.8 Å². The lowest BCUT2D eigenvalue weighted by Crippen LogP contribution is -2.37. The molecule has 1 amide bonds. The van der Waals surface area contributed by atoms with E-state index in [4.69, 9.17) is 15.2 Å². The highest BCUT2D eigenvalue weighted by Gasteiger charge is 2.28. The number of nitrogens with two attached hydrogens (primary N) is 1. The van der Waals surface area contributed by atoms with Crippen molar-refractivity contribution < 1.29 is 22.7 Å². The molecule has 4 aromatic rings. The molecule has 0 saturated carbocycles. The molecule has 3 aromatic carbocycles.